The molecule has 2 saturated carbocycles. The zero-order chi connectivity index (χ0) is 15.3. The predicted octanol–water partition coefficient (Wildman–Crippen LogP) is 1.04. The summed E-state index contributed by atoms with van der Waals surface area (Å²) in [5.74, 6) is -1.49. The number of carbonyl (C=O) groups is 2. The van der Waals surface area contributed by atoms with Crippen LogP contribution in [0.2, 0.25) is 0 Å². The number of thioether (sulfide) groups is 1. The number of carboxylic acid groups (broad SMARTS) is 1. The minimum Gasteiger partial charge on any atom is -0.481 e. The third kappa shape index (κ3) is 2.48. The van der Waals surface area contributed by atoms with Gasteiger partial charge in [-0.05, 0) is 33.4 Å². The van der Waals surface area contributed by atoms with Crippen LogP contribution in [0.3, 0.4) is 0 Å². The Bertz CT molecular complexity index is 437. The van der Waals surface area contributed by atoms with Gasteiger partial charge in [-0.2, -0.15) is 11.8 Å². The molecule has 2 rings (SSSR count). The zero-order valence-electron chi connectivity index (χ0n) is 12.2. The number of alkyl carbamates (subject to hydrolysis) is 1. The van der Waals surface area contributed by atoms with E-state index in [9.17, 15) is 14.7 Å². The third-order valence-corrected chi connectivity index (χ3v) is 5.28. The molecule has 0 heterocycles. The maximum absolute atomic E-state index is 11.8. The summed E-state index contributed by atoms with van der Waals surface area (Å²) in [6.45, 7) is 5.36. The van der Waals surface area contributed by atoms with Gasteiger partial charge in [0.15, 0.2) is 0 Å². The van der Waals surface area contributed by atoms with E-state index >= 15 is 0 Å². The molecule has 0 radical (unpaired) electrons. The van der Waals surface area contributed by atoms with E-state index in [-0.39, 0.29) is 17.2 Å². The lowest BCUT2D eigenvalue weighted by molar-refractivity contribution is -0.142. The van der Waals surface area contributed by atoms with Crippen molar-refractivity contribution in [2.45, 2.75) is 49.6 Å². The lowest BCUT2D eigenvalue weighted by Gasteiger charge is -2.23. The molecule has 5 atom stereocenters. The number of amides is 1. The van der Waals surface area contributed by atoms with Crippen molar-refractivity contribution in [1.82, 2.24) is 5.32 Å². The van der Waals surface area contributed by atoms with Gasteiger partial charge in [-0.3, -0.25) is 4.79 Å². The van der Waals surface area contributed by atoms with Crippen LogP contribution in [0.4, 0.5) is 4.79 Å². The van der Waals surface area contributed by atoms with E-state index in [0.29, 0.717) is 6.42 Å². The van der Waals surface area contributed by atoms with Crippen molar-refractivity contribution in [2.24, 2.45) is 17.6 Å². The fourth-order valence-electron chi connectivity index (χ4n) is 3.29. The molecule has 2 aliphatic rings. The molecule has 114 valence electrons. The van der Waals surface area contributed by atoms with Crippen LogP contribution < -0.4 is 11.1 Å². The highest BCUT2D eigenvalue weighted by atomic mass is 32.2. The SMILES string of the molecule is CSC1C2[C@H](NC(=O)OC(C)(C)C)C[C@H](C(=O)O)[C@@]12N. The summed E-state index contributed by atoms with van der Waals surface area (Å²) in [5, 5.41) is 12.2. The summed E-state index contributed by atoms with van der Waals surface area (Å²) in [6.07, 6.45) is 1.77. The van der Waals surface area contributed by atoms with E-state index in [1.54, 1.807) is 32.5 Å². The van der Waals surface area contributed by atoms with Crippen LogP contribution in [0, 0.1) is 11.8 Å². The van der Waals surface area contributed by atoms with E-state index < -0.39 is 29.1 Å². The first-order chi connectivity index (χ1) is 9.11. The first-order valence-electron chi connectivity index (χ1n) is 6.65. The second-order valence-corrected chi connectivity index (χ2v) is 7.54. The highest BCUT2D eigenvalue weighted by Gasteiger charge is 2.75. The molecule has 4 N–H and O–H groups in total. The van der Waals surface area contributed by atoms with E-state index in [4.69, 9.17) is 10.5 Å². The van der Waals surface area contributed by atoms with E-state index in [2.05, 4.69) is 5.32 Å². The van der Waals surface area contributed by atoms with Gasteiger partial charge >= 0.3 is 12.1 Å². The van der Waals surface area contributed by atoms with Crippen LogP contribution in [0.15, 0.2) is 0 Å². The van der Waals surface area contributed by atoms with Crippen LogP contribution in [0.25, 0.3) is 0 Å². The summed E-state index contributed by atoms with van der Waals surface area (Å²) in [6, 6.07) is -0.228. The molecule has 7 heteroatoms. The molecule has 2 fully saturated rings. The molecule has 2 unspecified atom stereocenters. The zero-order valence-corrected chi connectivity index (χ0v) is 13.0. The van der Waals surface area contributed by atoms with Gasteiger partial charge in [-0.25, -0.2) is 4.79 Å². The first-order valence-corrected chi connectivity index (χ1v) is 7.94. The van der Waals surface area contributed by atoms with Crippen LogP contribution in [0.1, 0.15) is 27.2 Å². The quantitative estimate of drug-likeness (QED) is 0.720. The normalized spacial score (nSPS) is 39.0. The Hall–Kier alpha value is -0.950. The maximum atomic E-state index is 11.8. The molecule has 0 aliphatic heterocycles. The van der Waals surface area contributed by atoms with E-state index in [1.165, 1.54) is 0 Å². The molecule has 6 nitrogen and oxygen atoms in total. The van der Waals surface area contributed by atoms with Gasteiger partial charge in [-0.15, -0.1) is 0 Å². The number of rotatable bonds is 3. The average molecular weight is 302 g/mol. The molecule has 0 spiro atoms. The minimum absolute atomic E-state index is 0.00567. The van der Waals surface area contributed by atoms with Crippen LogP contribution in [0.5, 0.6) is 0 Å². The van der Waals surface area contributed by atoms with Crippen molar-refractivity contribution in [2.75, 3.05) is 6.26 Å². The third-order valence-electron chi connectivity index (χ3n) is 4.07. The monoisotopic (exact) mass is 302 g/mol. The molecule has 20 heavy (non-hydrogen) atoms. The first kappa shape index (κ1) is 15.4. The van der Waals surface area contributed by atoms with Crippen LogP contribution >= 0.6 is 11.8 Å². The maximum Gasteiger partial charge on any atom is 0.407 e. The Kier molecular flexibility index (Phi) is 3.71. The summed E-state index contributed by atoms with van der Waals surface area (Å²) >= 11 is 1.57. The van der Waals surface area contributed by atoms with Crippen molar-refractivity contribution in [3.05, 3.63) is 0 Å². The molecule has 2 aliphatic carbocycles. The standard InChI is InChI=1S/C13H22N2O4S/c1-12(2,3)19-11(18)15-7-5-6(10(16)17)13(14)8(7)9(13)20-4/h6-9H,5,14H2,1-4H3,(H,15,18)(H,16,17)/t6-,7-,8?,9?,13+/m1/s1. The van der Waals surface area contributed by atoms with Crippen molar-refractivity contribution < 1.29 is 19.4 Å². The van der Waals surface area contributed by atoms with Crippen molar-refractivity contribution in [3.8, 4) is 0 Å². The Morgan fingerprint density at radius 3 is 2.50 bits per heavy atom. The average Bonchev–Trinajstić information content (AvgIpc) is 2.76. The molecule has 0 aromatic carbocycles. The highest BCUT2D eigenvalue weighted by molar-refractivity contribution is 7.99. The van der Waals surface area contributed by atoms with Crippen molar-refractivity contribution >= 4 is 23.8 Å². The van der Waals surface area contributed by atoms with Crippen molar-refractivity contribution in [3.63, 3.8) is 0 Å². The Labute approximate surface area is 122 Å². The van der Waals surface area contributed by atoms with E-state index in [0.717, 1.165) is 0 Å². The minimum atomic E-state index is -0.887. The second-order valence-electron chi connectivity index (χ2n) is 6.56. The number of hydrogen-bond acceptors (Lipinski definition) is 5. The van der Waals surface area contributed by atoms with Gasteiger partial charge in [0.05, 0.1) is 5.92 Å². The number of carbonyl (C=O) groups excluding carboxylic acids is 1. The van der Waals surface area contributed by atoms with Gasteiger partial charge < -0.3 is 20.9 Å². The molecule has 0 bridgehead atoms. The topological polar surface area (TPSA) is 102 Å². The number of nitrogens with two attached hydrogens (primary N) is 1. The van der Waals surface area contributed by atoms with Crippen molar-refractivity contribution in [1.29, 1.82) is 0 Å². The molecule has 0 saturated heterocycles. The summed E-state index contributed by atoms with van der Waals surface area (Å²) < 4.78 is 5.22. The molecular weight excluding hydrogens is 280 g/mol. The predicted molar refractivity (Wildman–Crippen MR) is 76.6 cm³/mol. The number of nitrogens with one attached hydrogen (secondary N) is 1. The Balaban J connectivity index is 2.04. The summed E-state index contributed by atoms with van der Waals surface area (Å²) in [5.41, 5.74) is 4.98. The second kappa shape index (κ2) is 4.80. The Morgan fingerprint density at radius 2 is 2.05 bits per heavy atom. The smallest absolute Gasteiger partial charge is 0.407 e. The molecule has 0 aromatic rings. The fourth-order valence-corrected chi connectivity index (χ4v) is 4.66. The lowest BCUT2D eigenvalue weighted by Crippen LogP contribution is -2.41. The van der Waals surface area contributed by atoms with Gasteiger partial charge in [-0.1, -0.05) is 0 Å². The lowest BCUT2D eigenvalue weighted by atomic mass is 9.98. The van der Waals surface area contributed by atoms with Gasteiger partial charge in [0.1, 0.15) is 5.60 Å². The summed E-state index contributed by atoms with van der Waals surface area (Å²) in [4.78, 5) is 23.2. The Morgan fingerprint density at radius 1 is 1.45 bits per heavy atom. The largest absolute Gasteiger partial charge is 0.481 e. The van der Waals surface area contributed by atoms with Gasteiger partial charge in [0.25, 0.3) is 0 Å². The number of carboxylic acids is 1. The van der Waals surface area contributed by atoms with Gasteiger partial charge in [0, 0.05) is 22.7 Å². The number of ether oxygens (including phenoxy) is 1. The number of hydrogen-bond donors (Lipinski definition) is 3. The number of aliphatic carboxylic acids is 1. The fraction of sp³-hybridized carbons (Fsp3) is 0.846. The molecule has 1 amide bonds. The van der Waals surface area contributed by atoms with Crippen LogP contribution in [-0.2, 0) is 9.53 Å². The van der Waals surface area contributed by atoms with Gasteiger partial charge in [0.2, 0.25) is 0 Å². The summed E-state index contributed by atoms with van der Waals surface area (Å²) in [7, 11) is 0. The van der Waals surface area contributed by atoms with E-state index in [1.807, 2.05) is 6.26 Å². The highest BCUT2D eigenvalue weighted by Crippen LogP contribution is 2.62. The van der Waals surface area contributed by atoms with Crippen LogP contribution in [-0.4, -0.2) is 45.9 Å². The number of fused-ring (bicyclic) bond motifs is 1. The molecular formula is C13H22N2O4S. The molecule has 0 aromatic heterocycles.